The fourth-order valence-electron chi connectivity index (χ4n) is 2.03. The molecule has 0 aliphatic heterocycles. The van der Waals surface area contributed by atoms with E-state index in [0.717, 1.165) is 0 Å². The minimum atomic E-state index is -0.450. The van der Waals surface area contributed by atoms with E-state index in [4.69, 9.17) is 4.74 Å². The first-order valence-corrected chi connectivity index (χ1v) is 7.30. The van der Waals surface area contributed by atoms with Crippen LogP contribution in [0.1, 0.15) is 44.5 Å². The van der Waals surface area contributed by atoms with E-state index >= 15 is 0 Å². The highest BCUT2D eigenvalue weighted by Crippen LogP contribution is 2.25. The summed E-state index contributed by atoms with van der Waals surface area (Å²) in [6.45, 7) is 8.26. The maximum absolute atomic E-state index is 12.9. The molecule has 122 valence electrons. The van der Waals surface area contributed by atoms with E-state index in [1.165, 1.54) is 31.4 Å². The van der Waals surface area contributed by atoms with Crippen LogP contribution in [0, 0.1) is 11.2 Å². The van der Waals surface area contributed by atoms with Crippen molar-refractivity contribution >= 4 is 11.9 Å². The normalized spacial score (nSPS) is 12.6. The van der Waals surface area contributed by atoms with Crippen LogP contribution in [0.3, 0.4) is 0 Å². The average molecular weight is 309 g/mol. The van der Waals surface area contributed by atoms with Crippen LogP contribution >= 0.6 is 0 Å². The highest BCUT2D eigenvalue weighted by molar-refractivity contribution is 5.96. The zero-order chi connectivity index (χ0) is 16.9. The number of hydrogen-bond donors (Lipinski definition) is 0. The van der Waals surface area contributed by atoms with Crippen LogP contribution in [-0.4, -0.2) is 36.5 Å². The molecule has 0 saturated heterocycles. The molecule has 5 heteroatoms. The molecule has 1 amide bonds. The molecule has 0 aliphatic rings. The quantitative estimate of drug-likeness (QED) is 0.775. The SMILES string of the molecule is COC(=O)N(CCC(=O)c1ccc(F)cc1)[C@@H](C)C(C)(C)C. The molecule has 0 unspecified atom stereocenters. The van der Waals surface area contributed by atoms with Crippen molar-refractivity contribution in [2.24, 2.45) is 5.41 Å². The second-order valence-corrected chi connectivity index (χ2v) is 6.39. The first kappa shape index (κ1) is 18.1. The predicted octanol–water partition coefficient (Wildman–Crippen LogP) is 3.90. The molecule has 1 aromatic rings. The monoisotopic (exact) mass is 309 g/mol. The van der Waals surface area contributed by atoms with Gasteiger partial charge in [0.1, 0.15) is 5.82 Å². The van der Waals surface area contributed by atoms with Crippen molar-refractivity contribution < 1.29 is 18.7 Å². The summed E-state index contributed by atoms with van der Waals surface area (Å²) in [6.07, 6.45) is -0.282. The lowest BCUT2D eigenvalue weighted by atomic mass is 9.87. The van der Waals surface area contributed by atoms with E-state index < -0.39 is 6.09 Å². The van der Waals surface area contributed by atoms with Crippen molar-refractivity contribution in [3.05, 3.63) is 35.6 Å². The number of nitrogens with zero attached hydrogens (tertiary/aromatic N) is 1. The number of ether oxygens (including phenoxy) is 1. The molecule has 22 heavy (non-hydrogen) atoms. The Bertz CT molecular complexity index is 520. The standard InChI is InChI=1S/C17H24FNO3/c1-12(17(2,3)4)19(16(21)22-5)11-10-15(20)13-6-8-14(18)9-7-13/h6-9,12H,10-11H2,1-5H3/t12-/m0/s1. The molecule has 0 saturated carbocycles. The van der Waals surface area contributed by atoms with Gasteiger partial charge in [0.05, 0.1) is 7.11 Å². The van der Waals surface area contributed by atoms with Crippen molar-refractivity contribution in [1.29, 1.82) is 0 Å². The van der Waals surface area contributed by atoms with E-state index in [9.17, 15) is 14.0 Å². The summed E-state index contributed by atoms with van der Waals surface area (Å²) in [6, 6.07) is 5.33. The van der Waals surface area contributed by atoms with Crippen LogP contribution in [0.2, 0.25) is 0 Å². The third-order valence-electron chi connectivity index (χ3n) is 3.88. The summed E-state index contributed by atoms with van der Waals surface area (Å²) in [5.41, 5.74) is 0.308. The highest BCUT2D eigenvalue weighted by Gasteiger charge is 2.30. The number of hydrogen-bond acceptors (Lipinski definition) is 3. The third-order valence-corrected chi connectivity index (χ3v) is 3.88. The first-order chi connectivity index (χ1) is 10.2. The average Bonchev–Trinajstić information content (AvgIpc) is 2.46. The Morgan fingerprint density at radius 1 is 1.23 bits per heavy atom. The second-order valence-electron chi connectivity index (χ2n) is 6.39. The van der Waals surface area contributed by atoms with Crippen LogP contribution in [0.25, 0.3) is 0 Å². The molecule has 0 spiro atoms. The fourth-order valence-corrected chi connectivity index (χ4v) is 2.03. The zero-order valence-corrected chi connectivity index (χ0v) is 13.9. The van der Waals surface area contributed by atoms with E-state index in [0.29, 0.717) is 5.56 Å². The molecule has 0 fully saturated rings. The number of halogens is 1. The van der Waals surface area contributed by atoms with Crippen LogP contribution in [0.5, 0.6) is 0 Å². The number of rotatable bonds is 5. The van der Waals surface area contributed by atoms with Gasteiger partial charge in [-0.1, -0.05) is 20.8 Å². The summed E-state index contributed by atoms with van der Waals surface area (Å²) < 4.78 is 17.7. The molecule has 0 aromatic heterocycles. The molecule has 0 radical (unpaired) electrons. The molecule has 0 heterocycles. The first-order valence-electron chi connectivity index (χ1n) is 7.30. The Labute approximate surface area is 131 Å². The number of amides is 1. The van der Waals surface area contributed by atoms with Gasteiger partial charge >= 0.3 is 6.09 Å². The number of ketones is 1. The van der Waals surface area contributed by atoms with Crippen molar-refractivity contribution in [3.8, 4) is 0 Å². The maximum atomic E-state index is 12.9. The van der Waals surface area contributed by atoms with Crippen molar-refractivity contribution in [1.82, 2.24) is 4.90 Å². The van der Waals surface area contributed by atoms with Gasteiger partial charge < -0.3 is 9.64 Å². The second kappa shape index (κ2) is 7.38. The Balaban J connectivity index is 2.77. The van der Waals surface area contributed by atoms with Gasteiger partial charge in [-0.05, 0) is 36.6 Å². The number of carbonyl (C=O) groups is 2. The largest absolute Gasteiger partial charge is 0.453 e. The number of methoxy groups -OCH3 is 1. The molecule has 1 atom stereocenters. The molecule has 1 rings (SSSR count). The zero-order valence-electron chi connectivity index (χ0n) is 13.9. The summed E-state index contributed by atoms with van der Waals surface area (Å²) in [4.78, 5) is 25.6. The predicted molar refractivity (Wildman–Crippen MR) is 83.4 cm³/mol. The summed E-state index contributed by atoms with van der Waals surface area (Å²) in [7, 11) is 1.33. The van der Waals surface area contributed by atoms with Crippen LogP contribution < -0.4 is 0 Å². The van der Waals surface area contributed by atoms with E-state index in [1.54, 1.807) is 4.90 Å². The summed E-state index contributed by atoms with van der Waals surface area (Å²) in [5.74, 6) is -0.510. The number of carbonyl (C=O) groups excluding carboxylic acids is 2. The minimum Gasteiger partial charge on any atom is -0.453 e. The Hall–Kier alpha value is -1.91. The molecule has 4 nitrogen and oxygen atoms in total. The van der Waals surface area contributed by atoms with Gasteiger partial charge in [-0.25, -0.2) is 9.18 Å². The molecule has 1 aromatic carbocycles. The summed E-state index contributed by atoms with van der Waals surface area (Å²) >= 11 is 0. The van der Waals surface area contributed by atoms with Gasteiger partial charge in [0.15, 0.2) is 5.78 Å². The fraction of sp³-hybridized carbons (Fsp3) is 0.529. The minimum absolute atomic E-state index is 0.0824. The molecular formula is C17H24FNO3. The van der Waals surface area contributed by atoms with E-state index in [2.05, 4.69) is 0 Å². The van der Waals surface area contributed by atoms with Gasteiger partial charge in [-0.2, -0.15) is 0 Å². The summed E-state index contributed by atoms with van der Waals surface area (Å²) in [5, 5.41) is 0. The maximum Gasteiger partial charge on any atom is 0.409 e. The number of Topliss-reactive ketones (excluding diaryl/α,β-unsaturated/α-hetero) is 1. The van der Waals surface area contributed by atoms with E-state index in [-0.39, 0.29) is 36.0 Å². The highest BCUT2D eigenvalue weighted by atomic mass is 19.1. The van der Waals surface area contributed by atoms with Gasteiger partial charge in [-0.15, -0.1) is 0 Å². The van der Waals surface area contributed by atoms with Gasteiger partial charge in [0.25, 0.3) is 0 Å². The van der Waals surface area contributed by atoms with Gasteiger partial charge in [-0.3, -0.25) is 4.79 Å². The topological polar surface area (TPSA) is 46.6 Å². The molecule has 0 aliphatic carbocycles. The molecule has 0 N–H and O–H groups in total. The lowest BCUT2D eigenvalue weighted by Crippen LogP contribution is -2.46. The van der Waals surface area contributed by atoms with E-state index in [1.807, 2.05) is 27.7 Å². The lowest BCUT2D eigenvalue weighted by molar-refractivity contribution is 0.0721. The Morgan fingerprint density at radius 2 is 1.77 bits per heavy atom. The smallest absolute Gasteiger partial charge is 0.409 e. The lowest BCUT2D eigenvalue weighted by Gasteiger charge is -2.36. The van der Waals surface area contributed by atoms with Gasteiger partial charge in [0.2, 0.25) is 0 Å². The Kier molecular flexibility index (Phi) is 6.09. The molecule has 0 bridgehead atoms. The van der Waals surface area contributed by atoms with Crippen molar-refractivity contribution in [2.75, 3.05) is 13.7 Å². The molecular weight excluding hydrogens is 285 g/mol. The number of benzene rings is 1. The van der Waals surface area contributed by atoms with Crippen LogP contribution in [0.4, 0.5) is 9.18 Å². The van der Waals surface area contributed by atoms with Crippen molar-refractivity contribution in [3.63, 3.8) is 0 Å². The Morgan fingerprint density at radius 3 is 2.23 bits per heavy atom. The van der Waals surface area contributed by atoms with Crippen LogP contribution in [0.15, 0.2) is 24.3 Å². The van der Waals surface area contributed by atoms with Crippen molar-refractivity contribution in [2.45, 2.75) is 40.2 Å². The van der Waals surface area contributed by atoms with Gasteiger partial charge in [0, 0.05) is 24.6 Å². The van der Waals surface area contributed by atoms with Crippen LogP contribution in [-0.2, 0) is 4.74 Å². The third kappa shape index (κ3) is 4.83.